The monoisotopic (exact) mass is 476 g/mol. The fourth-order valence-electron chi connectivity index (χ4n) is 2.59. The van der Waals surface area contributed by atoms with E-state index < -0.39 is 5.91 Å². The highest BCUT2D eigenvalue weighted by atomic mass is 35.5. The van der Waals surface area contributed by atoms with Gasteiger partial charge in [-0.1, -0.05) is 47.5 Å². The van der Waals surface area contributed by atoms with Crippen LogP contribution in [0.3, 0.4) is 0 Å². The van der Waals surface area contributed by atoms with Gasteiger partial charge in [0, 0.05) is 26.1 Å². The molecule has 30 heavy (non-hydrogen) atoms. The van der Waals surface area contributed by atoms with Gasteiger partial charge < -0.3 is 11.1 Å². The van der Waals surface area contributed by atoms with Crippen molar-refractivity contribution in [2.24, 2.45) is 5.73 Å². The van der Waals surface area contributed by atoms with E-state index in [-0.39, 0.29) is 11.7 Å². The minimum atomic E-state index is -0.411. The topological polar surface area (TPSA) is 72.2 Å². The summed E-state index contributed by atoms with van der Waals surface area (Å²) in [6, 6.07) is 20.1. The Bertz CT molecular complexity index is 1080. The Morgan fingerprint density at radius 1 is 0.900 bits per heavy atom. The summed E-state index contributed by atoms with van der Waals surface area (Å²) in [6.45, 7) is 0. The molecule has 0 saturated heterocycles. The number of halogens is 2. The van der Waals surface area contributed by atoms with Gasteiger partial charge in [-0.05, 0) is 48.0 Å². The number of carbonyl (C=O) groups is 2. The Hall–Kier alpha value is -2.12. The van der Waals surface area contributed by atoms with E-state index in [9.17, 15) is 9.59 Å². The molecular weight excluding hydrogens is 459 g/mol. The van der Waals surface area contributed by atoms with Gasteiger partial charge in [0.25, 0.3) is 5.91 Å². The first-order chi connectivity index (χ1) is 14.4. The molecule has 0 radical (unpaired) electrons. The number of nitrogens with two attached hydrogens (primary N) is 1. The Morgan fingerprint density at radius 3 is 2.50 bits per heavy atom. The molecule has 0 heterocycles. The van der Waals surface area contributed by atoms with Crippen molar-refractivity contribution >= 4 is 64.2 Å². The van der Waals surface area contributed by atoms with Crippen LogP contribution in [0.5, 0.6) is 0 Å². The van der Waals surface area contributed by atoms with Crippen LogP contribution in [-0.2, 0) is 10.5 Å². The zero-order chi connectivity index (χ0) is 21.5. The molecule has 2 amide bonds. The molecule has 0 bridgehead atoms. The second-order valence-electron chi connectivity index (χ2n) is 6.27. The molecule has 0 aliphatic heterocycles. The number of carbonyl (C=O) groups excluding carboxylic acids is 2. The first kappa shape index (κ1) is 22.6. The minimum Gasteiger partial charge on any atom is -0.369 e. The highest BCUT2D eigenvalue weighted by Gasteiger charge is 2.11. The molecule has 3 N–H and O–H groups in total. The highest BCUT2D eigenvalue weighted by molar-refractivity contribution is 8.00. The van der Waals surface area contributed by atoms with Gasteiger partial charge in [-0.3, -0.25) is 9.59 Å². The molecule has 0 aliphatic carbocycles. The summed E-state index contributed by atoms with van der Waals surface area (Å²) in [7, 11) is 0. The van der Waals surface area contributed by atoms with Crippen molar-refractivity contribution in [2.75, 3.05) is 11.1 Å². The number of hydrogen-bond donors (Lipinski definition) is 2. The van der Waals surface area contributed by atoms with Crippen LogP contribution < -0.4 is 11.1 Å². The molecule has 4 nitrogen and oxygen atoms in total. The standard InChI is InChI=1S/C22H18Cl2N2O2S2/c23-16-8-9-17(24)20(11-16)29-12-14-4-3-5-15(10-14)22(28)26-18-6-1-2-7-19(18)30-13-21(25)27/h1-11H,12-13H2,(H2,25,27)(H,26,28). The predicted octanol–water partition coefficient (Wildman–Crippen LogP) is 6.12. The van der Waals surface area contributed by atoms with Crippen molar-refractivity contribution in [2.45, 2.75) is 15.5 Å². The van der Waals surface area contributed by atoms with E-state index in [0.717, 1.165) is 15.4 Å². The van der Waals surface area contributed by atoms with Crippen LogP contribution in [0, 0.1) is 0 Å². The highest BCUT2D eigenvalue weighted by Crippen LogP contribution is 2.32. The Labute approximate surface area is 193 Å². The van der Waals surface area contributed by atoms with Gasteiger partial charge in [0.1, 0.15) is 0 Å². The number of primary amides is 1. The van der Waals surface area contributed by atoms with Crippen LogP contribution in [0.4, 0.5) is 5.69 Å². The summed E-state index contributed by atoms with van der Waals surface area (Å²) >= 11 is 15.1. The summed E-state index contributed by atoms with van der Waals surface area (Å²) in [5.74, 6) is 0.152. The third kappa shape index (κ3) is 6.44. The first-order valence-corrected chi connectivity index (χ1v) is 11.6. The van der Waals surface area contributed by atoms with E-state index in [2.05, 4.69) is 5.32 Å². The predicted molar refractivity (Wildman–Crippen MR) is 127 cm³/mol. The lowest BCUT2D eigenvalue weighted by Gasteiger charge is -2.11. The molecule has 154 valence electrons. The van der Waals surface area contributed by atoms with Crippen LogP contribution in [0.15, 0.2) is 76.5 Å². The summed E-state index contributed by atoms with van der Waals surface area (Å²) < 4.78 is 0. The maximum Gasteiger partial charge on any atom is 0.255 e. The average molecular weight is 477 g/mol. The third-order valence-corrected chi connectivity index (χ3v) is 6.88. The average Bonchev–Trinajstić information content (AvgIpc) is 2.74. The number of anilines is 1. The fraction of sp³-hybridized carbons (Fsp3) is 0.0909. The molecule has 0 aromatic heterocycles. The van der Waals surface area contributed by atoms with Gasteiger partial charge in [-0.25, -0.2) is 0 Å². The number of para-hydroxylation sites is 1. The van der Waals surface area contributed by atoms with Crippen LogP contribution in [-0.4, -0.2) is 17.6 Å². The van der Waals surface area contributed by atoms with Crippen molar-refractivity contribution < 1.29 is 9.59 Å². The van der Waals surface area contributed by atoms with Crippen molar-refractivity contribution in [1.29, 1.82) is 0 Å². The third-order valence-electron chi connectivity index (χ3n) is 3.98. The summed E-state index contributed by atoms with van der Waals surface area (Å²) in [4.78, 5) is 25.5. The number of benzene rings is 3. The maximum atomic E-state index is 12.8. The van der Waals surface area contributed by atoms with Gasteiger partial charge in [0.2, 0.25) is 5.91 Å². The van der Waals surface area contributed by atoms with Gasteiger partial charge in [-0.2, -0.15) is 0 Å². The van der Waals surface area contributed by atoms with E-state index in [0.29, 0.717) is 27.0 Å². The molecule has 0 spiro atoms. The van der Waals surface area contributed by atoms with Gasteiger partial charge in [0.05, 0.1) is 16.5 Å². The first-order valence-electron chi connectivity index (χ1n) is 8.90. The fourth-order valence-corrected chi connectivity index (χ4v) is 4.77. The van der Waals surface area contributed by atoms with Crippen molar-refractivity contribution in [1.82, 2.24) is 0 Å². The molecule has 0 fully saturated rings. The van der Waals surface area contributed by atoms with Crippen LogP contribution in [0.25, 0.3) is 0 Å². The molecule has 3 aromatic rings. The largest absolute Gasteiger partial charge is 0.369 e. The number of nitrogens with one attached hydrogen (secondary N) is 1. The number of thioether (sulfide) groups is 2. The normalized spacial score (nSPS) is 10.6. The number of hydrogen-bond acceptors (Lipinski definition) is 4. The summed E-state index contributed by atoms with van der Waals surface area (Å²) in [5.41, 5.74) is 7.39. The van der Waals surface area contributed by atoms with E-state index >= 15 is 0 Å². The summed E-state index contributed by atoms with van der Waals surface area (Å²) in [6.07, 6.45) is 0. The van der Waals surface area contributed by atoms with Crippen molar-refractivity contribution in [3.8, 4) is 0 Å². The van der Waals surface area contributed by atoms with Crippen molar-refractivity contribution in [3.63, 3.8) is 0 Å². The molecule has 3 rings (SSSR count). The Kier molecular flexibility index (Phi) is 8.10. The molecule has 0 aliphatic rings. The quantitative estimate of drug-likeness (QED) is 0.384. The lowest BCUT2D eigenvalue weighted by atomic mass is 10.1. The molecular formula is C22H18Cl2N2O2S2. The Balaban J connectivity index is 1.69. The zero-order valence-corrected chi connectivity index (χ0v) is 18.9. The van der Waals surface area contributed by atoms with Crippen LogP contribution >= 0.6 is 46.7 Å². The smallest absolute Gasteiger partial charge is 0.255 e. The molecule has 8 heteroatoms. The molecule has 0 saturated carbocycles. The van der Waals surface area contributed by atoms with E-state index in [1.165, 1.54) is 11.8 Å². The van der Waals surface area contributed by atoms with E-state index in [1.807, 2.05) is 42.5 Å². The minimum absolute atomic E-state index is 0.144. The van der Waals surface area contributed by atoms with Crippen LogP contribution in [0.2, 0.25) is 10.0 Å². The second kappa shape index (κ2) is 10.8. The molecule has 0 unspecified atom stereocenters. The summed E-state index contributed by atoms with van der Waals surface area (Å²) in [5, 5.41) is 4.18. The lowest BCUT2D eigenvalue weighted by molar-refractivity contribution is -0.115. The van der Waals surface area contributed by atoms with Crippen molar-refractivity contribution in [3.05, 3.63) is 87.9 Å². The van der Waals surface area contributed by atoms with Gasteiger partial charge in [-0.15, -0.1) is 23.5 Å². The molecule has 0 atom stereocenters. The number of amides is 2. The number of rotatable bonds is 8. The second-order valence-corrected chi connectivity index (χ2v) is 9.15. The van der Waals surface area contributed by atoms with Gasteiger partial charge >= 0.3 is 0 Å². The van der Waals surface area contributed by atoms with E-state index in [4.69, 9.17) is 28.9 Å². The van der Waals surface area contributed by atoms with Gasteiger partial charge in [0.15, 0.2) is 0 Å². The SMILES string of the molecule is NC(=O)CSc1ccccc1NC(=O)c1cccc(CSc2cc(Cl)ccc2Cl)c1. The van der Waals surface area contributed by atoms with E-state index in [1.54, 1.807) is 36.0 Å². The zero-order valence-electron chi connectivity index (χ0n) is 15.7. The van der Waals surface area contributed by atoms with Crippen LogP contribution in [0.1, 0.15) is 15.9 Å². The maximum absolute atomic E-state index is 12.8. The Morgan fingerprint density at radius 2 is 1.70 bits per heavy atom. The molecule has 3 aromatic carbocycles. The lowest BCUT2D eigenvalue weighted by Crippen LogP contribution is -2.14.